The molecule has 0 atom stereocenters. The monoisotopic (exact) mass is 371 g/mol. The van der Waals surface area contributed by atoms with E-state index in [1.165, 1.54) is 33.3 Å². The predicted octanol–water partition coefficient (Wildman–Crippen LogP) is 4.92. The molecule has 4 rings (SSSR count). The van der Waals surface area contributed by atoms with Gasteiger partial charge in [-0.15, -0.1) is 0 Å². The summed E-state index contributed by atoms with van der Waals surface area (Å²) in [5.74, 6) is 0.911. The lowest BCUT2D eigenvalue weighted by atomic mass is 9.91. The molecule has 2 aromatic rings. The Bertz CT molecular complexity index is 1210. The summed E-state index contributed by atoms with van der Waals surface area (Å²) in [6.45, 7) is 4.32. The van der Waals surface area contributed by atoms with Gasteiger partial charge < -0.3 is 9.32 Å². The van der Waals surface area contributed by atoms with Gasteiger partial charge in [0.15, 0.2) is 0 Å². The summed E-state index contributed by atoms with van der Waals surface area (Å²) >= 11 is 0. The highest BCUT2D eigenvalue weighted by Gasteiger charge is 2.20. The van der Waals surface area contributed by atoms with Crippen molar-refractivity contribution >= 4 is 16.7 Å². The highest BCUT2D eigenvalue weighted by Crippen LogP contribution is 2.41. The second kappa shape index (κ2) is 6.83. The number of hydrogen-bond donors (Lipinski definition) is 0. The molecule has 1 aliphatic carbocycles. The second-order valence-electron chi connectivity index (χ2n) is 7.90. The summed E-state index contributed by atoms with van der Waals surface area (Å²) < 4.78 is 8.58. The first kappa shape index (κ1) is 18.3. The maximum Gasteiger partial charge on any atom is 0.206 e. The van der Waals surface area contributed by atoms with Crippen LogP contribution in [0.4, 0.5) is 5.69 Å². The Hall–Kier alpha value is -3.07. The van der Waals surface area contributed by atoms with Crippen molar-refractivity contribution in [1.82, 2.24) is 4.58 Å². The summed E-state index contributed by atoms with van der Waals surface area (Å²) in [6.07, 6.45) is 0. The molecule has 0 saturated heterocycles. The molecule has 0 radical (unpaired) electrons. The SMILES string of the molecule is Cc1cc2c(-c3ccccc3)c3cc(C)c(=[N+](C)C)cc-3oc2cc1N(C)C. The summed E-state index contributed by atoms with van der Waals surface area (Å²) in [7, 11) is 8.28. The number of benzene rings is 3. The van der Waals surface area contributed by atoms with E-state index in [1.807, 2.05) is 0 Å². The molecule has 1 heterocycles. The minimum Gasteiger partial charge on any atom is -0.456 e. The first-order valence-electron chi connectivity index (χ1n) is 9.61. The van der Waals surface area contributed by atoms with Crippen molar-refractivity contribution in [2.75, 3.05) is 33.1 Å². The molecular weight excluding hydrogens is 344 g/mol. The molecule has 3 heteroatoms. The predicted molar refractivity (Wildman–Crippen MR) is 119 cm³/mol. The van der Waals surface area contributed by atoms with Crippen LogP contribution in [0.15, 0.2) is 59.0 Å². The van der Waals surface area contributed by atoms with Crippen molar-refractivity contribution in [3.8, 4) is 22.5 Å². The molecule has 0 saturated carbocycles. The number of hydrogen-bond acceptors (Lipinski definition) is 2. The third kappa shape index (κ3) is 2.97. The van der Waals surface area contributed by atoms with Gasteiger partial charge >= 0.3 is 0 Å². The highest BCUT2D eigenvalue weighted by atomic mass is 16.3. The summed E-state index contributed by atoms with van der Waals surface area (Å²) in [5.41, 5.74) is 8.17. The molecule has 2 aliphatic rings. The van der Waals surface area contributed by atoms with E-state index in [0.717, 1.165) is 22.3 Å². The third-order valence-corrected chi connectivity index (χ3v) is 5.38. The minimum atomic E-state index is 0.911. The number of rotatable bonds is 2. The van der Waals surface area contributed by atoms with Crippen LogP contribution < -0.4 is 14.8 Å². The number of nitrogens with zero attached hydrogens (tertiary/aromatic N) is 2. The Kier molecular flexibility index (Phi) is 4.46. The first-order chi connectivity index (χ1) is 13.4. The van der Waals surface area contributed by atoms with Crippen LogP contribution >= 0.6 is 0 Å². The molecule has 0 bridgehead atoms. The molecule has 0 N–H and O–H groups in total. The Balaban J connectivity index is 2.22. The lowest BCUT2D eigenvalue weighted by Gasteiger charge is -2.20. The van der Waals surface area contributed by atoms with Gasteiger partial charge in [-0.2, -0.15) is 0 Å². The molecule has 3 nitrogen and oxygen atoms in total. The largest absolute Gasteiger partial charge is 0.456 e. The van der Waals surface area contributed by atoms with E-state index in [0.29, 0.717) is 0 Å². The zero-order chi connectivity index (χ0) is 20.0. The van der Waals surface area contributed by atoms with E-state index in [2.05, 4.69) is 106 Å². The van der Waals surface area contributed by atoms with E-state index < -0.39 is 0 Å². The Morgan fingerprint density at radius 1 is 0.857 bits per heavy atom. The fourth-order valence-electron chi connectivity index (χ4n) is 4.06. The lowest BCUT2D eigenvalue weighted by molar-refractivity contribution is 0.616. The summed E-state index contributed by atoms with van der Waals surface area (Å²) in [6, 6.07) is 19.4. The minimum absolute atomic E-state index is 0.911. The standard InChI is InChI=1S/C25H27N2O/c1-16-12-19-23(14-21(16)26(3)4)28-24-15-22(27(5)6)17(2)13-20(24)25(19)18-10-8-7-9-11-18/h7-15H,1-6H3/q+1. The van der Waals surface area contributed by atoms with Crippen LogP contribution in [-0.2, 0) is 0 Å². The zero-order valence-corrected chi connectivity index (χ0v) is 17.5. The van der Waals surface area contributed by atoms with Gasteiger partial charge in [-0.1, -0.05) is 30.3 Å². The maximum absolute atomic E-state index is 6.45. The topological polar surface area (TPSA) is 19.4 Å². The average Bonchev–Trinajstić information content (AvgIpc) is 2.66. The molecule has 0 aromatic heterocycles. The van der Waals surface area contributed by atoms with Crippen LogP contribution in [-0.4, -0.2) is 28.2 Å². The number of fused-ring (bicyclic) bond motifs is 2. The van der Waals surface area contributed by atoms with Crippen molar-refractivity contribution in [3.05, 3.63) is 71.1 Å². The quantitative estimate of drug-likeness (QED) is 0.368. The average molecular weight is 372 g/mol. The van der Waals surface area contributed by atoms with E-state index in [1.54, 1.807) is 0 Å². The Morgan fingerprint density at radius 3 is 2.21 bits per heavy atom. The lowest BCUT2D eigenvalue weighted by Crippen LogP contribution is -2.24. The Labute approximate surface area is 166 Å². The molecule has 28 heavy (non-hydrogen) atoms. The fourth-order valence-corrected chi connectivity index (χ4v) is 4.06. The molecule has 0 fully saturated rings. The van der Waals surface area contributed by atoms with Gasteiger partial charge in [0, 0.05) is 47.9 Å². The van der Waals surface area contributed by atoms with Crippen molar-refractivity contribution in [2.45, 2.75) is 13.8 Å². The highest BCUT2D eigenvalue weighted by molar-refractivity contribution is 6.03. The van der Waals surface area contributed by atoms with Crippen molar-refractivity contribution in [3.63, 3.8) is 0 Å². The second-order valence-corrected chi connectivity index (χ2v) is 7.90. The van der Waals surface area contributed by atoms with Crippen LogP contribution in [0, 0.1) is 13.8 Å². The zero-order valence-electron chi connectivity index (χ0n) is 17.5. The van der Waals surface area contributed by atoms with E-state index >= 15 is 0 Å². The molecular formula is C25H27N2O+. The first-order valence-corrected chi connectivity index (χ1v) is 9.61. The van der Waals surface area contributed by atoms with Crippen molar-refractivity contribution < 1.29 is 4.42 Å². The third-order valence-electron chi connectivity index (χ3n) is 5.38. The smallest absolute Gasteiger partial charge is 0.206 e. The molecule has 2 aromatic carbocycles. The van der Waals surface area contributed by atoms with Crippen LogP contribution in [0.25, 0.3) is 33.4 Å². The van der Waals surface area contributed by atoms with Crippen molar-refractivity contribution in [2.24, 2.45) is 0 Å². The number of aryl methyl sites for hydroxylation is 2. The summed E-state index contributed by atoms with van der Waals surface area (Å²) in [4.78, 5) is 2.14. The molecule has 0 spiro atoms. The van der Waals surface area contributed by atoms with Crippen LogP contribution in [0.3, 0.4) is 0 Å². The maximum atomic E-state index is 6.45. The summed E-state index contributed by atoms with van der Waals surface area (Å²) in [5, 5.41) is 2.33. The van der Waals surface area contributed by atoms with Crippen LogP contribution in [0.1, 0.15) is 11.1 Å². The normalized spacial score (nSPS) is 11.2. The molecule has 1 aliphatic heterocycles. The van der Waals surface area contributed by atoms with Crippen LogP contribution in [0.5, 0.6) is 0 Å². The van der Waals surface area contributed by atoms with Gasteiger partial charge in [-0.05, 0) is 37.1 Å². The number of anilines is 1. The van der Waals surface area contributed by atoms with Gasteiger partial charge in [-0.3, -0.25) is 0 Å². The van der Waals surface area contributed by atoms with Crippen LogP contribution in [0.2, 0.25) is 0 Å². The van der Waals surface area contributed by atoms with Gasteiger partial charge in [-0.25, -0.2) is 4.58 Å². The Morgan fingerprint density at radius 2 is 1.57 bits per heavy atom. The van der Waals surface area contributed by atoms with Gasteiger partial charge in [0.25, 0.3) is 0 Å². The molecule has 0 amide bonds. The van der Waals surface area contributed by atoms with E-state index in [-0.39, 0.29) is 0 Å². The van der Waals surface area contributed by atoms with Gasteiger partial charge in [0.1, 0.15) is 25.4 Å². The van der Waals surface area contributed by atoms with Gasteiger partial charge in [0.2, 0.25) is 5.36 Å². The molecule has 0 unspecified atom stereocenters. The molecule has 142 valence electrons. The van der Waals surface area contributed by atoms with E-state index in [4.69, 9.17) is 4.42 Å². The van der Waals surface area contributed by atoms with E-state index in [9.17, 15) is 0 Å². The fraction of sp³-hybridized carbons (Fsp3) is 0.240. The van der Waals surface area contributed by atoms with Gasteiger partial charge in [0.05, 0.1) is 6.07 Å². The van der Waals surface area contributed by atoms with Crippen molar-refractivity contribution in [1.29, 1.82) is 0 Å².